The monoisotopic (exact) mass is 219 g/mol. The summed E-state index contributed by atoms with van der Waals surface area (Å²) in [7, 11) is 4.07. The quantitative estimate of drug-likeness (QED) is 0.792. The maximum Gasteiger partial charge on any atom is 0.0579 e. The van der Waals surface area contributed by atoms with E-state index in [1.807, 2.05) is 26.4 Å². The predicted molar refractivity (Wildman–Crippen MR) is 66.2 cm³/mol. The van der Waals surface area contributed by atoms with Crippen LogP contribution in [0, 0.1) is 5.41 Å². The number of nitrogens with zero attached hydrogens (tertiary/aromatic N) is 1. The van der Waals surface area contributed by atoms with Crippen LogP contribution in [0.4, 0.5) is 0 Å². The lowest BCUT2D eigenvalue weighted by atomic mass is 9.63. The summed E-state index contributed by atoms with van der Waals surface area (Å²) in [6, 6.07) is 6.53. The molecule has 1 fully saturated rings. The second-order valence-electron chi connectivity index (χ2n) is 4.72. The Morgan fingerprint density at radius 3 is 2.62 bits per heavy atom. The molecule has 2 N–H and O–H groups in total. The van der Waals surface area contributed by atoms with Crippen LogP contribution in [0.5, 0.6) is 0 Å². The van der Waals surface area contributed by atoms with Crippen molar-refractivity contribution < 1.29 is 0 Å². The van der Waals surface area contributed by atoms with Gasteiger partial charge in [-0.2, -0.15) is 0 Å². The van der Waals surface area contributed by atoms with Crippen LogP contribution in [-0.4, -0.2) is 25.6 Å². The highest BCUT2D eigenvalue weighted by atomic mass is 15.0. The summed E-state index contributed by atoms with van der Waals surface area (Å²) < 4.78 is 0. The van der Waals surface area contributed by atoms with Gasteiger partial charge < -0.3 is 10.6 Å². The van der Waals surface area contributed by atoms with Crippen LogP contribution in [0.3, 0.4) is 0 Å². The zero-order valence-corrected chi connectivity index (χ0v) is 10.2. The molecule has 1 unspecified atom stereocenters. The fourth-order valence-corrected chi connectivity index (χ4v) is 2.86. The molecule has 3 nitrogen and oxygen atoms in total. The molecule has 1 aromatic heterocycles. The van der Waals surface area contributed by atoms with E-state index in [0.29, 0.717) is 11.5 Å². The van der Waals surface area contributed by atoms with Gasteiger partial charge in [0.2, 0.25) is 0 Å². The molecule has 2 rings (SSSR count). The van der Waals surface area contributed by atoms with Gasteiger partial charge in [0.15, 0.2) is 0 Å². The van der Waals surface area contributed by atoms with Gasteiger partial charge in [0.05, 0.1) is 11.7 Å². The summed E-state index contributed by atoms with van der Waals surface area (Å²) >= 11 is 0. The first-order valence-corrected chi connectivity index (χ1v) is 6.05. The van der Waals surface area contributed by atoms with E-state index >= 15 is 0 Å². The lowest BCUT2D eigenvalue weighted by molar-refractivity contribution is 0.0768. The van der Waals surface area contributed by atoms with E-state index < -0.39 is 0 Å². The number of hydrogen-bond acceptors (Lipinski definition) is 3. The second kappa shape index (κ2) is 4.93. The molecular weight excluding hydrogens is 198 g/mol. The third kappa shape index (κ3) is 1.97. The number of hydrogen-bond donors (Lipinski definition) is 2. The normalized spacial score (nSPS) is 20.1. The molecule has 0 amide bonds. The van der Waals surface area contributed by atoms with Crippen molar-refractivity contribution in [2.75, 3.05) is 20.6 Å². The Hall–Kier alpha value is -0.930. The first-order chi connectivity index (χ1) is 7.82. The van der Waals surface area contributed by atoms with Gasteiger partial charge in [0.1, 0.15) is 0 Å². The van der Waals surface area contributed by atoms with Gasteiger partial charge in [-0.25, -0.2) is 0 Å². The van der Waals surface area contributed by atoms with Crippen LogP contribution in [0.25, 0.3) is 0 Å². The minimum absolute atomic E-state index is 0.359. The molecule has 0 radical (unpaired) electrons. The maximum absolute atomic E-state index is 4.49. The van der Waals surface area contributed by atoms with E-state index in [9.17, 15) is 0 Å². The lowest BCUT2D eigenvalue weighted by Crippen LogP contribution is -2.48. The second-order valence-corrected chi connectivity index (χ2v) is 4.72. The van der Waals surface area contributed by atoms with E-state index in [0.717, 1.165) is 6.54 Å². The number of aromatic nitrogens is 1. The molecule has 16 heavy (non-hydrogen) atoms. The molecule has 1 aromatic rings. The SMILES string of the molecule is CNCC1(C(NC)c2ccccn2)CCC1. The molecule has 1 aliphatic rings. The highest BCUT2D eigenvalue weighted by Crippen LogP contribution is 2.49. The Morgan fingerprint density at radius 2 is 2.19 bits per heavy atom. The van der Waals surface area contributed by atoms with E-state index in [2.05, 4.69) is 27.8 Å². The van der Waals surface area contributed by atoms with Crippen molar-refractivity contribution in [3.63, 3.8) is 0 Å². The summed E-state index contributed by atoms with van der Waals surface area (Å²) in [5.74, 6) is 0. The van der Waals surface area contributed by atoms with Crippen LogP contribution in [0.1, 0.15) is 31.0 Å². The van der Waals surface area contributed by atoms with E-state index in [1.165, 1.54) is 25.0 Å². The largest absolute Gasteiger partial charge is 0.319 e. The summed E-state index contributed by atoms with van der Waals surface area (Å²) in [6.07, 6.45) is 5.80. The van der Waals surface area contributed by atoms with E-state index in [1.54, 1.807) is 0 Å². The average Bonchev–Trinajstić information content (AvgIpc) is 2.28. The fourth-order valence-electron chi connectivity index (χ4n) is 2.86. The first kappa shape index (κ1) is 11.6. The van der Waals surface area contributed by atoms with Crippen molar-refractivity contribution in [1.82, 2.24) is 15.6 Å². The van der Waals surface area contributed by atoms with Gasteiger partial charge in [-0.05, 0) is 39.1 Å². The number of rotatable bonds is 5. The molecule has 0 aliphatic heterocycles. The highest BCUT2D eigenvalue weighted by molar-refractivity contribution is 5.15. The molecule has 0 spiro atoms. The molecule has 1 saturated carbocycles. The number of pyridine rings is 1. The molecule has 3 heteroatoms. The van der Waals surface area contributed by atoms with Crippen molar-refractivity contribution in [3.05, 3.63) is 30.1 Å². The Labute approximate surface area is 97.7 Å². The predicted octanol–water partition coefficient (Wildman–Crippen LogP) is 1.73. The summed E-state index contributed by atoms with van der Waals surface area (Å²) in [5, 5.41) is 6.77. The molecule has 0 bridgehead atoms. The van der Waals surface area contributed by atoms with Crippen molar-refractivity contribution in [3.8, 4) is 0 Å². The third-order valence-corrected chi connectivity index (χ3v) is 3.76. The molecule has 88 valence electrons. The molecule has 1 heterocycles. The topological polar surface area (TPSA) is 37.0 Å². The van der Waals surface area contributed by atoms with Crippen molar-refractivity contribution in [2.24, 2.45) is 5.41 Å². The number of nitrogens with one attached hydrogen (secondary N) is 2. The molecule has 0 aromatic carbocycles. The van der Waals surface area contributed by atoms with Crippen LogP contribution >= 0.6 is 0 Å². The minimum Gasteiger partial charge on any atom is -0.319 e. The maximum atomic E-state index is 4.49. The van der Waals surface area contributed by atoms with Gasteiger partial charge in [0, 0.05) is 18.2 Å². The zero-order valence-electron chi connectivity index (χ0n) is 10.2. The molecular formula is C13H21N3. The average molecular weight is 219 g/mol. The Morgan fingerprint density at radius 1 is 1.38 bits per heavy atom. The Bertz CT molecular complexity index is 319. The van der Waals surface area contributed by atoms with Gasteiger partial charge >= 0.3 is 0 Å². The van der Waals surface area contributed by atoms with Crippen LogP contribution in [0.15, 0.2) is 24.4 Å². The minimum atomic E-state index is 0.359. The summed E-state index contributed by atoms with van der Waals surface area (Å²) in [5.41, 5.74) is 1.53. The lowest BCUT2D eigenvalue weighted by Gasteiger charge is -2.47. The van der Waals surface area contributed by atoms with Gasteiger partial charge in [-0.1, -0.05) is 12.5 Å². The van der Waals surface area contributed by atoms with Crippen molar-refractivity contribution in [2.45, 2.75) is 25.3 Å². The highest BCUT2D eigenvalue weighted by Gasteiger charge is 2.44. The van der Waals surface area contributed by atoms with Gasteiger partial charge in [0.25, 0.3) is 0 Å². The Balaban J connectivity index is 2.21. The van der Waals surface area contributed by atoms with Gasteiger partial charge in [-0.3, -0.25) is 4.98 Å². The van der Waals surface area contributed by atoms with Crippen molar-refractivity contribution >= 4 is 0 Å². The molecule has 1 aliphatic carbocycles. The summed E-state index contributed by atoms with van der Waals surface area (Å²) in [6.45, 7) is 1.06. The summed E-state index contributed by atoms with van der Waals surface area (Å²) in [4.78, 5) is 4.49. The smallest absolute Gasteiger partial charge is 0.0579 e. The molecule has 0 saturated heterocycles. The van der Waals surface area contributed by atoms with E-state index in [-0.39, 0.29) is 0 Å². The van der Waals surface area contributed by atoms with Gasteiger partial charge in [-0.15, -0.1) is 0 Å². The fraction of sp³-hybridized carbons (Fsp3) is 0.615. The van der Waals surface area contributed by atoms with Crippen LogP contribution < -0.4 is 10.6 Å². The van der Waals surface area contributed by atoms with Crippen LogP contribution in [-0.2, 0) is 0 Å². The molecule has 1 atom stereocenters. The van der Waals surface area contributed by atoms with Crippen molar-refractivity contribution in [1.29, 1.82) is 0 Å². The Kier molecular flexibility index (Phi) is 3.56. The zero-order chi connectivity index (χ0) is 11.4. The first-order valence-electron chi connectivity index (χ1n) is 6.05. The standard InChI is InChI=1S/C13H21N3/c1-14-10-13(7-5-8-13)12(15-2)11-6-3-4-9-16-11/h3-4,6,9,12,14-15H,5,7-8,10H2,1-2H3. The third-order valence-electron chi connectivity index (χ3n) is 3.76. The van der Waals surface area contributed by atoms with Crippen LogP contribution in [0.2, 0.25) is 0 Å². The van der Waals surface area contributed by atoms with E-state index in [4.69, 9.17) is 0 Å².